The maximum Gasteiger partial charge on any atom is 0.0949 e. The zero-order valence-corrected chi connectivity index (χ0v) is 4.27. The van der Waals surface area contributed by atoms with E-state index in [0.29, 0.717) is 6.54 Å². The van der Waals surface area contributed by atoms with Gasteiger partial charge in [-0.2, -0.15) is 0 Å². The van der Waals surface area contributed by atoms with Gasteiger partial charge in [0.05, 0.1) is 6.61 Å². The van der Waals surface area contributed by atoms with Gasteiger partial charge in [0, 0.05) is 6.54 Å². The molecule has 1 radical (unpaired) electrons. The molecule has 6 heavy (non-hydrogen) atoms. The zero-order chi connectivity index (χ0) is 4.99. The van der Waals surface area contributed by atoms with Crippen LogP contribution in [0.3, 0.4) is 0 Å². The van der Waals surface area contributed by atoms with Gasteiger partial charge in [-0.3, -0.25) is 0 Å². The molecule has 0 amide bonds. The first kappa shape index (κ1) is 5.92. The Bertz CT molecular complexity index is 28.7. The number of likely N-dealkylation sites (N-methyl/N-ethyl adjacent to an activating group) is 1. The molecule has 0 saturated carbocycles. The molecule has 0 aromatic heterocycles. The Kier molecular flexibility index (Phi) is 3.08. The van der Waals surface area contributed by atoms with E-state index in [9.17, 15) is 5.11 Å². The van der Waals surface area contributed by atoms with Crippen molar-refractivity contribution in [1.29, 1.82) is 0 Å². The molecule has 0 atom stereocenters. The average molecular weight is 88.1 g/mol. The summed E-state index contributed by atoms with van der Waals surface area (Å²) in [4.78, 5) is 1.87. The Morgan fingerprint density at radius 3 is 2.00 bits per heavy atom. The lowest BCUT2D eigenvalue weighted by atomic mass is 10.6. The molecule has 0 rings (SSSR count). The Hall–Kier alpha value is -0.0800. The topological polar surface area (TPSA) is 23.1 Å². The minimum Gasteiger partial charge on any atom is -0.307 e. The van der Waals surface area contributed by atoms with Gasteiger partial charge in [0.2, 0.25) is 0 Å². The summed E-state index contributed by atoms with van der Waals surface area (Å²) >= 11 is 0. The third-order valence-electron chi connectivity index (χ3n) is 0.539. The standard InChI is InChI=1S/C4H10NO/c1-5(2)3-4-6/h3-4H2,1-2H3. The van der Waals surface area contributed by atoms with E-state index in [2.05, 4.69) is 0 Å². The highest BCUT2D eigenvalue weighted by Gasteiger charge is 1.82. The van der Waals surface area contributed by atoms with Crippen LogP contribution in [0, 0.1) is 0 Å². The molecule has 2 nitrogen and oxygen atoms in total. The molecule has 37 valence electrons. The largest absolute Gasteiger partial charge is 0.307 e. The van der Waals surface area contributed by atoms with Crippen molar-refractivity contribution < 1.29 is 5.11 Å². The van der Waals surface area contributed by atoms with Crippen LogP contribution in [0.1, 0.15) is 0 Å². The van der Waals surface area contributed by atoms with Crippen LogP contribution < -0.4 is 0 Å². The third-order valence-corrected chi connectivity index (χ3v) is 0.539. The van der Waals surface area contributed by atoms with Crippen LogP contribution in [0.15, 0.2) is 0 Å². The first-order valence-electron chi connectivity index (χ1n) is 2.00. The minimum atomic E-state index is 0.00694. The van der Waals surface area contributed by atoms with Crippen molar-refractivity contribution in [2.75, 3.05) is 27.2 Å². The maximum absolute atomic E-state index is 9.70. The summed E-state index contributed by atoms with van der Waals surface area (Å²) in [5.41, 5.74) is 0. The van der Waals surface area contributed by atoms with Gasteiger partial charge in [-0.25, -0.2) is 5.11 Å². The van der Waals surface area contributed by atoms with Crippen LogP contribution >= 0.6 is 0 Å². The Labute approximate surface area is 38.4 Å². The lowest BCUT2D eigenvalue weighted by Crippen LogP contribution is -2.15. The van der Waals surface area contributed by atoms with E-state index in [1.807, 2.05) is 19.0 Å². The van der Waals surface area contributed by atoms with E-state index >= 15 is 0 Å². The monoisotopic (exact) mass is 88.1 g/mol. The molecule has 0 bridgehead atoms. The zero-order valence-electron chi connectivity index (χ0n) is 4.27. The van der Waals surface area contributed by atoms with Crippen molar-refractivity contribution in [3.63, 3.8) is 0 Å². The molecule has 0 saturated heterocycles. The second kappa shape index (κ2) is 3.12. The summed E-state index contributed by atoms with van der Waals surface area (Å²) in [5.74, 6) is 0. The van der Waals surface area contributed by atoms with Crippen LogP contribution in [-0.2, 0) is 5.11 Å². The van der Waals surface area contributed by atoms with Crippen molar-refractivity contribution in [2.45, 2.75) is 0 Å². The van der Waals surface area contributed by atoms with Gasteiger partial charge in [-0.1, -0.05) is 0 Å². The maximum atomic E-state index is 9.70. The predicted octanol–water partition coefficient (Wildman–Crippen LogP) is -0.0215. The van der Waals surface area contributed by atoms with Crippen molar-refractivity contribution in [2.24, 2.45) is 0 Å². The quantitative estimate of drug-likeness (QED) is 0.465. The highest BCUT2D eigenvalue weighted by atomic mass is 16.3. The van der Waals surface area contributed by atoms with E-state index in [-0.39, 0.29) is 6.61 Å². The van der Waals surface area contributed by atoms with Crippen LogP contribution in [0.25, 0.3) is 0 Å². The molecule has 2 heteroatoms. The smallest absolute Gasteiger partial charge is 0.0949 e. The van der Waals surface area contributed by atoms with Crippen LogP contribution in [0.4, 0.5) is 0 Å². The number of hydrogen-bond acceptors (Lipinski definition) is 1. The molecular formula is C4H10NO. The predicted molar refractivity (Wildman–Crippen MR) is 24.1 cm³/mol. The summed E-state index contributed by atoms with van der Waals surface area (Å²) in [6, 6.07) is 0. The van der Waals surface area contributed by atoms with Gasteiger partial charge in [0.25, 0.3) is 0 Å². The van der Waals surface area contributed by atoms with Gasteiger partial charge in [0.15, 0.2) is 0 Å². The summed E-state index contributed by atoms with van der Waals surface area (Å²) in [6.07, 6.45) is 0. The summed E-state index contributed by atoms with van der Waals surface area (Å²) in [7, 11) is 3.77. The molecule has 0 aliphatic carbocycles. The highest BCUT2D eigenvalue weighted by Crippen LogP contribution is 1.67. The minimum absolute atomic E-state index is 0.00694. The Balaban J connectivity index is 2.63. The second-order valence-corrected chi connectivity index (χ2v) is 1.51. The average Bonchev–Trinajstić information content (AvgIpc) is 1.35. The van der Waals surface area contributed by atoms with Crippen LogP contribution in [0.5, 0.6) is 0 Å². The van der Waals surface area contributed by atoms with E-state index in [1.165, 1.54) is 0 Å². The lowest BCUT2D eigenvalue weighted by molar-refractivity contribution is 0.165. The molecule has 0 fully saturated rings. The molecule has 0 N–H and O–H groups in total. The molecule has 0 aliphatic rings. The number of rotatable bonds is 2. The summed E-state index contributed by atoms with van der Waals surface area (Å²) in [6.45, 7) is 0.660. The van der Waals surface area contributed by atoms with Crippen molar-refractivity contribution in [1.82, 2.24) is 4.90 Å². The van der Waals surface area contributed by atoms with E-state index in [4.69, 9.17) is 0 Å². The summed E-state index contributed by atoms with van der Waals surface area (Å²) in [5, 5.41) is 9.70. The van der Waals surface area contributed by atoms with Crippen molar-refractivity contribution in [3.05, 3.63) is 0 Å². The van der Waals surface area contributed by atoms with Gasteiger partial charge in [0.1, 0.15) is 0 Å². The van der Waals surface area contributed by atoms with Gasteiger partial charge in [-0.05, 0) is 14.1 Å². The SMILES string of the molecule is CN(C)CC[O]. The van der Waals surface area contributed by atoms with Crippen molar-refractivity contribution >= 4 is 0 Å². The fourth-order valence-electron chi connectivity index (χ4n) is 0.183. The van der Waals surface area contributed by atoms with Crippen LogP contribution in [0.2, 0.25) is 0 Å². The Morgan fingerprint density at radius 2 is 2.00 bits per heavy atom. The first-order chi connectivity index (χ1) is 2.77. The highest BCUT2D eigenvalue weighted by molar-refractivity contribution is 4.34. The molecule has 0 unspecified atom stereocenters. The Morgan fingerprint density at radius 1 is 1.50 bits per heavy atom. The molecular weight excluding hydrogens is 78.0 g/mol. The van der Waals surface area contributed by atoms with Crippen molar-refractivity contribution in [3.8, 4) is 0 Å². The van der Waals surface area contributed by atoms with Gasteiger partial charge >= 0.3 is 0 Å². The lowest BCUT2D eigenvalue weighted by Gasteiger charge is -2.02. The van der Waals surface area contributed by atoms with E-state index in [0.717, 1.165) is 0 Å². The van der Waals surface area contributed by atoms with Crippen LogP contribution in [-0.4, -0.2) is 32.1 Å². The van der Waals surface area contributed by atoms with Gasteiger partial charge < -0.3 is 4.90 Å². The number of hydrogen-bond donors (Lipinski definition) is 0. The molecule has 0 spiro atoms. The molecule has 0 heterocycles. The first-order valence-corrected chi connectivity index (χ1v) is 2.00. The summed E-state index contributed by atoms with van der Waals surface area (Å²) < 4.78 is 0. The van der Waals surface area contributed by atoms with E-state index in [1.54, 1.807) is 0 Å². The third kappa shape index (κ3) is 3.92. The van der Waals surface area contributed by atoms with Gasteiger partial charge in [-0.15, -0.1) is 0 Å². The van der Waals surface area contributed by atoms with E-state index < -0.39 is 0 Å². The fraction of sp³-hybridized carbons (Fsp3) is 1.00. The molecule has 0 aromatic rings. The molecule has 0 aromatic carbocycles. The fourth-order valence-corrected chi connectivity index (χ4v) is 0.183. The number of nitrogens with zero attached hydrogens (tertiary/aromatic N) is 1. The normalized spacial score (nSPS) is 10.0. The second-order valence-electron chi connectivity index (χ2n) is 1.51. The molecule has 0 aliphatic heterocycles.